The lowest BCUT2D eigenvalue weighted by atomic mass is 9.78. The van der Waals surface area contributed by atoms with E-state index in [1.54, 1.807) is 6.07 Å². The molecule has 0 saturated heterocycles. The summed E-state index contributed by atoms with van der Waals surface area (Å²) in [5.74, 6) is -2.19. The van der Waals surface area contributed by atoms with E-state index in [0.29, 0.717) is 10.6 Å². The number of rotatable bonds is 5. The Morgan fingerprint density at radius 3 is 2.39 bits per heavy atom. The van der Waals surface area contributed by atoms with Crippen LogP contribution in [0.5, 0.6) is 0 Å². The molecule has 1 rings (SSSR count). The number of hydrogen-bond acceptors (Lipinski definition) is 2. The van der Waals surface area contributed by atoms with Gasteiger partial charge in [-0.3, -0.25) is 9.59 Å². The lowest BCUT2D eigenvalue weighted by Gasteiger charge is -2.26. The van der Waals surface area contributed by atoms with E-state index in [9.17, 15) is 14.7 Å². The minimum atomic E-state index is -1.37. The second-order valence-electron chi connectivity index (χ2n) is 4.16. The summed E-state index contributed by atoms with van der Waals surface area (Å²) in [5, 5.41) is 18.6. The van der Waals surface area contributed by atoms with Crippen LogP contribution in [0, 0.1) is 0 Å². The van der Waals surface area contributed by atoms with Gasteiger partial charge in [-0.1, -0.05) is 23.2 Å². The molecule has 0 bridgehead atoms. The predicted molar refractivity (Wildman–Crippen MR) is 68.3 cm³/mol. The fourth-order valence-electron chi connectivity index (χ4n) is 1.63. The number of benzene rings is 1. The van der Waals surface area contributed by atoms with E-state index in [1.807, 2.05) is 0 Å². The first-order valence-corrected chi connectivity index (χ1v) is 5.93. The van der Waals surface area contributed by atoms with Crippen molar-refractivity contribution < 1.29 is 19.8 Å². The zero-order valence-corrected chi connectivity index (χ0v) is 11.1. The van der Waals surface area contributed by atoms with E-state index >= 15 is 0 Å². The summed E-state index contributed by atoms with van der Waals surface area (Å²) in [6.45, 7) is 1.44. The molecule has 0 aliphatic carbocycles. The van der Waals surface area contributed by atoms with Gasteiger partial charge in [0.2, 0.25) is 0 Å². The zero-order chi connectivity index (χ0) is 13.9. The minimum Gasteiger partial charge on any atom is -0.481 e. The molecule has 1 aromatic carbocycles. The Bertz CT molecular complexity index is 487. The normalized spacial score (nSPS) is 13.9. The highest BCUT2D eigenvalue weighted by Crippen LogP contribution is 2.36. The lowest BCUT2D eigenvalue weighted by molar-refractivity contribution is -0.144. The van der Waals surface area contributed by atoms with Crippen molar-refractivity contribution in [1.82, 2.24) is 0 Å². The van der Waals surface area contributed by atoms with E-state index in [-0.39, 0.29) is 17.9 Å². The van der Waals surface area contributed by atoms with Crippen LogP contribution in [-0.2, 0) is 15.0 Å². The molecule has 0 heterocycles. The molecule has 98 valence electrons. The van der Waals surface area contributed by atoms with Crippen molar-refractivity contribution in [3.63, 3.8) is 0 Å². The molecule has 6 heteroatoms. The Kier molecular flexibility index (Phi) is 4.59. The summed E-state index contributed by atoms with van der Waals surface area (Å²) >= 11 is 11.8. The van der Waals surface area contributed by atoms with E-state index in [0.717, 1.165) is 0 Å². The number of halogens is 2. The maximum Gasteiger partial charge on any atom is 0.313 e. The van der Waals surface area contributed by atoms with Crippen LogP contribution in [0.2, 0.25) is 10.0 Å². The van der Waals surface area contributed by atoms with Crippen LogP contribution in [0.3, 0.4) is 0 Å². The Balaban J connectivity index is 3.22. The van der Waals surface area contributed by atoms with Gasteiger partial charge in [-0.15, -0.1) is 0 Å². The van der Waals surface area contributed by atoms with Crippen molar-refractivity contribution in [2.75, 3.05) is 0 Å². The molecule has 1 unspecified atom stereocenters. The SMILES string of the molecule is CC(CCC(=O)O)(C(=O)O)c1cc(Cl)ccc1Cl. The molecular weight excluding hydrogens is 279 g/mol. The van der Waals surface area contributed by atoms with Gasteiger partial charge in [0.05, 0.1) is 5.41 Å². The monoisotopic (exact) mass is 290 g/mol. The Labute approximate surface area is 114 Å². The standard InChI is InChI=1S/C12H12Cl2O4/c1-12(11(17)18,5-4-10(15)16)8-6-7(13)2-3-9(8)14/h2-3,6H,4-5H2,1H3,(H,15,16)(H,17,18). The topological polar surface area (TPSA) is 74.6 Å². The van der Waals surface area contributed by atoms with Gasteiger partial charge < -0.3 is 10.2 Å². The summed E-state index contributed by atoms with van der Waals surface area (Å²) < 4.78 is 0. The molecule has 1 atom stereocenters. The first-order chi connectivity index (χ1) is 8.27. The number of carboxylic acids is 2. The summed E-state index contributed by atoms with van der Waals surface area (Å²) in [6.07, 6.45) is -0.316. The van der Waals surface area contributed by atoms with Gasteiger partial charge in [0.25, 0.3) is 0 Å². The fraction of sp³-hybridized carbons (Fsp3) is 0.333. The van der Waals surface area contributed by atoms with Crippen LogP contribution >= 0.6 is 23.2 Å². The molecular formula is C12H12Cl2O4. The minimum absolute atomic E-state index is 0.0578. The third-order valence-corrected chi connectivity index (χ3v) is 3.40. The number of carbonyl (C=O) groups is 2. The molecule has 0 aromatic heterocycles. The second-order valence-corrected chi connectivity index (χ2v) is 5.00. The molecule has 0 fully saturated rings. The smallest absolute Gasteiger partial charge is 0.313 e. The Morgan fingerprint density at radius 1 is 1.28 bits per heavy atom. The highest BCUT2D eigenvalue weighted by Gasteiger charge is 2.37. The van der Waals surface area contributed by atoms with Gasteiger partial charge in [0, 0.05) is 16.5 Å². The maximum atomic E-state index is 11.4. The molecule has 4 nitrogen and oxygen atoms in total. The highest BCUT2D eigenvalue weighted by atomic mass is 35.5. The quantitative estimate of drug-likeness (QED) is 0.873. The van der Waals surface area contributed by atoms with Crippen LogP contribution in [-0.4, -0.2) is 22.2 Å². The number of hydrogen-bond donors (Lipinski definition) is 2. The van der Waals surface area contributed by atoms with Crippen LogP contribution in [0.4, 0.5) is 0 Å². The third-order valence-electron chi connectivity index (χ3n) is 2.83. The highest BCUT2D eigenvalue weighted by molar-refractivity contribution is 6.33. The maximum absolute atomic E-state index is 11.4. The summed E-state index contributed by atoms with van der Waals surface area (Å²) in [7, 11) is 0. The van der Waals surface area contributed by atoms with Gasteiger partial charge in [0.15, 0.2) is 0 Å². The summed E-state index contributed by atoms with van der Waals surface area (Å²) in [6, 6.07) is 4.51. The second kappa shape index (κ2) is 5.59. The van der Waals surface area contributed by atoms with Crippen LogP contribution < -0.4 is 0 Å². The van der Waals surface area contributed by atoms with Crippen molar-refractivity contribution in [2.45, 2.75) is 25.2 Å². The molecule has 0 amide bonds. The molecule has 1 aromatic rings. The first-order valence-electron chi connectivity index (χ1n) is 5.18. The van der Waals surface area contributed by atoms with Crippen molar-refractivity contribution in [2.24, 2.45) is 0 Å². The zero-order valence-electron chi connectivity index (χ0n) is 9.61. The molecule has 0 saturated carbocycles. The molecule has 0 spiro atoms. The molecule has 0 aliphatic rings. The van der Waals surface area contributed by atoms with Crippen LogP contribution in [0.1, 0.15) is 25.3 Å². The van der Waals surface area contributed by atoms with Crippen molar-refractivity contribution >= 4 is 35.1 Å². The molecule has 2 N–H and O–H groups in total. The molecule has 18 heavy (non-hydrogen) atoms. The average molecular weight is 291 g/mol. The van der Waals surface area contributed by atoms with Crippen LogP contribution in [0.15, 0.2) is 18.2 Å². The summed E-state index contributed by atoms with van der Waals surface area (Å²) in [4.78, 5) is 22.0. The summed E-state index contributed by atoms with van der Waals surface area (Å²) in [5.41, 5.74) is -1.05. The van der Waals surface area contributed by atoms with E-state index in [1.165, 1.54) is 19.1 Å². The average Bonchev–Trinajstić information content (AvgIpc) is 2.29. The van der Waals surface area contributed by atoms with Gasteiger partial charge in [-0.2, -0.15) is 0 Å². The van der Waals surface area contributed by atoms with E-state index < -0.39 is 17.4 Å². The van der Waals surface area contributed by atoms with E-state index in [4.69, 9.17) is 28.3 Å². The van der Waals surface area contributed by atoms with Crippen molar-refractivity contribution in [1.29, 1.82) is 0 Å². The number of carboxylic acid groups (broad SMARTS) is 2. The van der Waals surface area contributed by atoms with Crippen molar-refractivity contribution in [3.8, 4) is 0 Å². The Hall–Kier alpha value is -1.26. The molecule has 0 radical (unpaired) electrons. The first kappa shape index (κ1) is 14.8. The number of aliphatic carboxylic acids is 2. The third kappa shape index (κ3) is 3.15. The largest absolute Gasteiger partial charge is 0.481 e. The van der Waals surface area contributed by atoms with Crippen molar-refractivity contribution in [3.05, 3.63) is 33.8 Å². The lowest BCUT2D eigenvalue weighted by Crippen LogP contribution is -2.33. The fourth-order valence-corrected chi connectivity index (χ4v) is 2.13. The molecule has 0 aliphatic heterocycles. The van der Waals surface area contributed by atoms with E-state index in [2.05, 4.69) is 0 Å². The van der Waals surface area contributed by atoms with Gasteiger partial charge in [0.1, 0.15) is 0 Å². The Morgan fingerprint density at radius 2 is 1.89 bits per heavy atom. The van der Waals surface area contributed by atoms with Gasteiger partial charge in [-0.25, -0.2) is 0 Å². The van der Waals surface area contributed by atoms with Gasteiger partial charge in [-0.05, 0) is 37.1 Å². The van der Waals surface area contributed by atoms with Gasteiger partial charge >= 0.3 is 11.9 Å². The predicted octanol–water partition coefficient (Wildman–Crippen LogP) is 3.20. The van der Waals surface area contributed by atoms with Crippen LogP contribution in [0.25, 0.3) is 0 Å².